The van der Waals surface area contributed by atoms with Crippen LogP contribution in [0.25, 0.3) is 0 Å². The molecule has 0 aromatic rings. The average molecular weight is 254 g/mol. The third-order valence-electron chi connectivity index (χ3n) is 4.86. The van der Waals surface area contributed by atoms with E-state index in [4.69, 9.17) is 0 Å². The second kappa shape index (κ2) is 8.19. The lowest BCUT2D eigenvalue weighted by atomic mass is 9.97. The number of hydrogen-bond donors (Lipinski definition) is 0. The molecule has 0 radical (unpaired) electrons. The van der Waals surface area contributed by atoms with Crippen LogP contribution in [-0.2, 0) is 0 Å². The second-order valence-corrected chi connectivity index (χ2v) is 7.13. The third-order valence-corrected chi connectivity index (χ3v) is 4.86. The van der Waals surface area contributed by atoms with E-state index in [2.05, 4.69) is 27.7 Å². The molecule has 1 nitrogen and oxygen atoms in total. The fourth-order valence-electron chi connectivity index (χ4n) is 3.61. The zero-order valence-electron chi connectivity index (χ0n) is 13.4. The standard InChI is InChI=1S/C17H36N/c1-5-18(13-9-6-10-14-18)15-17(4)12-8-7-11-16(2)3/h16-17H,5-15H2,1-4H3/q+1. The van der Waals surface area contributed by atoms with Crippen LogP contribution in [0.4, 0.5) is 0 Å². The van der Waals surface area contributed by atoms with Gasteiger partial charge in [0, 0.05) is 5.92 Å². The maximum absolute atomic E-state index is 2.49. The minimum absolute atomic E-state index is 0.886. The Balaban J connectivity index is 2.22. The van der Waals surface area contributed by atoms with Gasteiger partial charge in [-0.05, 0) is 38.5 Å². The molecule has 0 aliphatic carbocycles. The largest absolute Gasteiger partial charge is 0.324 e. The Hall–Kier alpha value is -0.0400. The molecule has 1 rings (SSSR count). The van der Waals surface area contributed by atoms with E-state index in [1.807, 2.05) is 0 Å². The molecule has 0 amide bonds. The number of quaternary nitrogens is 1. The molecule has 18 heavy (non-hydrogen) atoms. The molecular weight excluding hydrogens is 218 g/mol. The fourth-order valence-corrected chi connectivity index (χ4v) is 3.61. The van der Waals surface area contributed by atoms with Gasteiger partial charge in [0.05, 0.1) is 26.2 Å². The first kappa shape index (κ1) is 16.0. The summed E-state index contributed by atoms with van der Waals surface area (Å²) in [5.74, 6) is 1.81. The third kappa shape index (κ3) is 5.73. The Morgan fingerprint density at radius 2 is 1.50 bits per heavy atom. The minimum atomic E-state index is 0.886. The van der Waals surface area contributed by atoms with Crippen LogP contribution in [0.15, 0.2) is 0 Å². The topological polar surface area (TPSA) is 0 Å². The molecule has 1 fully saturated rings. The molecule has 1 atom stereocenters. The first-order chi connectivity index (χ1) is 8.58. The predicted octanol–water partition coefficient (Wildman–Crippen LogP) is 4.86. The number of likely N-dealkylation sites (tertiary alicyclic amines) is 1. The first-order valence-corrected chi connectivity index (χ1v) is 8.43. The summed E-state index contributed by atoms with van der Waals surface area (Å²) in [5.41, 5.74) is 0. The molecule has 0 aromatic carbocycles. The van der Waals surface area contributed by atoms with Crippen molar-refractivity contribution in [3.8, 4) is 0 Å². The van der Waals surface area contributed by atoms with Crippen LogP contribution >= 0.6 is 0 Å². The Morgan fingerprint density at radius 3 is 2.06 bits per heavy atom. The highest BCUT2D eigenvalue weighted by Crippen LogP contribution is 2.23. The molecule has 0 N–H and O–H groups in total. The fraction of sp³-hybridized carbons (Fsp3) is 1.00. The van der Waals surface area contributed by atoms with Crippen LogP contribution < -0.4 is 0 Å². The maximum Gasteiger partial charge on any atom is 0.0812 e. The van der Waals surface area contributed by atoms with E-state index in [1.165, 1.54) is 75.6 Å². The molecule has 1 saturated heterocycles. The molecule has 0 bridgehead atoms. The lowest BCUT2D eigenvalue weighted by Crippen LogP contribution is -2.53. The van der Waals surface area contributed by atoms with Gasteiger partial charge < -0.3 is 4.48 Å². The van der Waals surface area contributed by atoms with E-state index in [-0.39, 0.29) is 0 Å². The normalized spacial score (nSPS) is 21.2. The summed E-state index contributed by atoms with van der Waals surface area (Å²) >= 11 is 0. The Bertz CT molecular complexity index is 204. The highest BCUT2D eigenvalue weighted by molar-refractivity contribution is 4.59. The molecule has 108 valence electrons. The highest BCUT2D eigenvalue weighted by atomic mass is 15.3. The van der Waals surface area contributed by atoms with E-state index >= 15 is 0 Å². The molecule has 1 aliphatic rings. The van der Waals surface area contributed by atoms with Gasteiger partial charge in [0.15, 0.2) is 0 Å². The summed E-state index contributed by atoms with van der Waals surface area (Å²) in [4.78, 5) is 0. The zero-order valence-corrected chi connectivity index (χ0v) is 13.4. The Labute approximate surface area is 116 Å². The van der Waals surface area contributed by atoms with Crippen molar-refractivity contribution in [3.05, 3.63) is 0 Å². The smallest absolute Gasteiger partial charge is 0.0812 e. The number of nitrogens with zero attached hydrogens (tertiary/aromatic N) is 1. The van der Waals surface area contributed by atoms with Gasteiger partial charge in [-0.25, -0.2) is 0 Å². The summed E-state index contributed by atoms with van der Waals surface area (Å²) in [6.45, 7) is 15.3. The summed E-state index contributed by atoms with van der Waals surface area (Å²) in [6.07, 6.45) is 10.2. The van der Waals surface area contributed by atoms with E-state index in [9.17, 15) is 0 Å². The summed E-state index contributed by atoms with van der Waals surface area (Å²) in [7, 11) is 0. The van der Waals surface area contributed by atoms with Gasteiger partial charge in [-0.3, -0.25) is 0 Å². The van der Waals surface area contributed by atoms with Crippen LogP contribution in [-0.4, -0.2) is 30.7 Å². The Morgan fingerprint density at radius 1 is 0.889 bits per heavy atom. The van der Waals surface area contributed by atoms with E-state index < -0.39 is 0 Å². The van der Waals surface area contributed by atoms with Crippen LogP contribution in [0.1, 0.15) is 72.6 Å². The van der Waals surface area contributed by atoms with Crippen molar-refractivity contribution in [3.63, 3.8) is 0 Å². The van der Waals surface area contributed by atoms with E-state index in [1.54, 1.807) is 0 Å². The van der Waals surface area contributed by atoms with Crippen LogP contribution in [0, 0.1) is 11.8 Å². The van der Waals surface area contributed by atoms with Crippen molar-refractivity contribution in [2.75, 3.05) is 26.2 Å². The van der Waals surface area contributed by atoms with Crippen molar-refractivity contribution in [2.24, 2.45) is 11.8 Å². The second-order valence-electron chi connectivity index (χ2n) is 7.13. The van der Waals surface area contributed by atoms with Gasteiger partial charge >= 0.3 is 0 Å². The molecule has 1 unspecified atom stereocenters. The van der Waals surface area contributed by atoms with Crippen LogP contribution in [0.2, 0.25) is 0 Å². The van der Waals surface area contributed by atoms with Crippen molar-refractivity contribution in [1.82, 2.24) is 0 Å². The van der Waals surface area contributed by atoms with Gasteiger partial charge in [-0.1, -0.05) is 40.0 Å². The molecule has 1 heterocycles. The van der Waals surface area contributed by atoms with Gasteiger partial charge in [-0.2, -0.15) is 0 Å². The monoisotopic (exact) mass is 254 g/mol. The van der Waals surface area contributed by atoms with Gasteiger partial charge in [-0.15, -0.1) is 0 Å². The average Bonchev–Trinajstić information content (AvgIpc) is 2.35. The van der Waals surface area contributed by atoms with E-state index in [0.29, 0.717) is 0 Å². The van der Waals surface area contributed by atoms with Gasteiger partial charge in [0.25, 0.3) is 0 Å². The number of rotatable bonds is 8. The predicted molar refractivity (Wildman–Crippen MR) is 81.7 cm³/mol. The van der Waals surface area contributed by atoms with Crippen molar-refractivity contribution in [2.45, 2.75) is 72.6 Å². The van der Waals surface area contributed by atoms with Crippen LogP contribution in [0.5, 0.6) is 0 Å². The number of unbranched alkanes of at least 4 members (excludes halogenated alkanes) is 1. The first-order valence-electron chi connectivity index (χ1n) is 8.43. The van der Waals surface area contributed by atoms with Crippen molar-refractivity contribution in [1.29, 1.82) is 0 Å². The minimum Gasteiger partial charge on any atom is -0.324 e. The van der Waals surface area contributed by atoms with E-state index in [0.717, 1.165) is 11.8 Å². The summed E-state index contributed by atoms with van der Waals surface area (Å²) < 4.78 is 1.42. The SMILES string of the molecule is CC[N+]1(CC(C)CCCCC(C)C)CCCCC1. The quantitative estimate of drug-likeness (QED) is 0.429. The van der Waals surface area contributed by atoms with Crippen molar-refractivity contribution >= 4 is 0 Å². The van der Waals surface area contributed by atoms with Crippen LogP contribution in [0.3, 0.4) is 0 Å². The van der Waals surface area contributed by atoms with Gasteiger partial charge in [0.2, 0.25) is 0 Å². The molecule has 0 spiro atoms. The molecule has 0 saturated carbocycles. The lowest BCUT2D eigenvalue weighted by Gasteiger charge is -2.42. The molecule has 1 aliphatic heterocycles. The summed E-state index contributed by atoms with van der Waals surface area (Å²) in [5, 5.41) is 0. The lowest BCUT2D eigenvalue weighted by molar-refractivity contribution is -0.933. The molecular formula is C17H36N+. The highest BCUT2D eigenvalue weighted by Gasteiger charge is 2.29. The van der Waals surface area contributed by atoms with Gasteiger partial charge in [0.1, 0.15) is 0 Å². The number of hydrogen-bond acceptors (Lipinski definition) is 0. The molecule has 0 aromatic heterocycles. The Kier molecular flexibility index (Phi) is 7.29. The zero-order chi connectivity index (χ0) is 13.4. The number of piperidine rings is 1. The molecule has 1 heteroatoms. The maximum atomic E-state index is 2.49. The van der Waals surface area contributed by atoms with Crippen molar-refractivity contribution < 1.29 is 4.48 Å². The summed E-state index contributed by atoms with van der Waals surface area (Å²) in [6, 6.07) is 0.